The van der Waals surface area contributed by atoms with Crippen molar-refractivity contribution in [1.82, 2.24) is 9.29 Å². The average molecular weight is 391 g/mol. The Kier molecular flexibility index (Phi) is 4.66. The molecule has 0 spiro atoms. The van der Waals surface area contributed by atoms with Crippen molar-refractivity contribution in [3.8, 4) is 11.8 Å². The molecule has 0 bridgehead atoms. The number of amides is 1. The van der Waals surface area contributed by atoms with Gasteiger partial charge in [-0.1, -0.05) is 12.1 Å². The van der Waals surface area contributed by atoms with Gasteiger partial charge in [-0.25, -0.2) is 8.42 Å². The highest BCUT2D eigenvalue weighted by Gasteiger charge is 2.37. The summed E-state index contributed by atoms with van der Waals surface area (Å²) in [6.07, 6.45) is 0. The highest BCUT2D eigenvalue weighted by Crippen LogP contribution is 2.35. The molecule has 142 valence electrons. The van der Waals surface area contributed by atoms with Crippen LogP contribution in [0.4, 0.5) is 5.69 Å². The Morgan fingerprint density at radius 2 is 1.85 bits per heavy atom. The number of carbonyl (C=O) groups is 1. The number of aliphatic hydroxyl groups excluding tert-OH is 1. The van der Waals surface area contributed by atoms with Crippen molar-refractivity contribution in [1.29, 1.82) is 0 Å². The lowest BCUT2D eigenvalue weighted by atomic mass is 10.1. The zero-order valence-electron chi connectivity index (χ0n) is 14.8. The van der Waals surface area contributed by atoms with Crippen molar-refractivity contribution in [2.75, 3.05) is 26.6 Å². The number of hydrogen-bond acceptors (Lipinski definition) is 7. The summed E-state index contributed by atoms with van der Waals surface area (Å²) in [5.74, 6) is -0.929. The normalized spacial score (nSPS) is 15.1. The summed E-state index contributed by atoms with van der Waals surface area (Å²) in [6.45, 7) is 0. The quantitative estimate of drug-likeness (QED) is 0.813. The third-order valence-electron chi connectivity index (χ3n) is 4.02. The molecule has 1 amide bonds. The number of aliphatic hydroxyl groups is 1. The maximum absolute atomic E-state index is 12.8. The van der Waals surface area contributed by atoms with Crippen LogP contribution < -0.4 is 14.8 Å². The number of pyridine rings is 1. The van der Waals surface area contributed by atoms with E-state index in [1.165, 1.54) is 51.6 Å². The van der Waals surface area contributed by atoms with Crippen molar-refractivity contribution in [2.45, 2.75) is 4.90 Å². The molecule has 1 aromatic carbocycles. The molecule has 0 saturated carbocycles. The number of ether oxygens (including phenoxy) is 2. The molecule has 1 aliphatic heterocycles. The van der Waals surface area contributed by atoms with Crippen LogP contribution in [0.5, 0.6) is 11.8 Å². The van der Waals surface area contributed by atoms with Crippen LogP contribution in [0.2, 0.25) is 0 Å². The number of rotatable bonds is 4. The standard InChI is InChI=1S/C17H17N3O6S/c1-20-14(15(21)10-6-4-5-7-12(10)27(20,23)24)16(22)18-11-8-9-13(25-2)19-17(11)26-3/h4-9,21H,1-3H3,(H,18,22). The third kappa shape index (κ3) is 3.04. The Labute approximate surface area is 155 Å². The first-order chi connectivity index (χ1) is 12.8. The second-order valence-electron chi connectivity index (χ2n) is 5.53. The van der Waals surface area contributed by atoms with E-state index < -0.39 is 27.4 Å². The Morgan fingerprint density at radius 1 is 1.15 bits per heavy atom. The van der Waals surface area contributed by atoms with Gasteiger partial charge in [-0.05, 0) is 18.2 Å². The van der Waals surface area contributed by atoms with Crippen molar-refractivity contribution < 1.29 is 27.8 Å². The van der Waals surface area contributed by atoms with Crippen molar-refractivity contribution in [3.05, 3.63) is 47.7 Å². The molecular weight excluding hydrogens is 374 g/mol. The van der Waals surface area contributed by atoms with E-state index in [1.807, 2.05) is 0 Å². The Hall–Kier alpha value is -3.27. The lowest BCUT2D eigenvalue weighted by Gasteiger charge is -2.28. The third-order valence-corrected chi connectivity index (χ3v) is 5.84. The molecule has 0 unspecified atom stereocenters. The van der Waals surface area contributed by atoms with Crippen molar-refractivity contribution >= 4 is 27.4 Å². The maximum Gasteiger partial charge on any atom is 0.276 e. The Morgan fingerprint density at radius 3 is 2.52 bits per heavy atom. The Bertz CT molecular complexity index is 1050. The smallest absolute Gasteiger partial charge is 0.276 e. The van der Waals surface area contributed by atoms with Crippen molar-refractivity contribution in [2.24, 2.45) is 0 Å². The minimum absolute atomic E-state index is 0.0561. The second kappa shape index (κ2) is 6.80. The van der Waals surface area contributed by atoms with Crippen LogP contribution in [-0.2, 0) is 14.8 Å². The number of anilines is 1. The summed E-state index contributed by atoms with van der Waals surface area (Å²) in [5.41, 5.74) is -0.166. The van der Waals surface area contributed by atoms with Crippen LogP contribution in [0.1, 0.15) is 5.56 Å². The molecule has 0 aliphatic carbocycles. The summed E-state index contributed by atoms with van der Waals surface area (Å²) in [5, 5.41) is 13.0. The van der Waals surface area contributed by atoms with Gasteiger partial charge in [-0.15, -0.1) is 0 Å². The van der Waals surface area contributed by atoms with Crippen LogP contribution in [-0.4, -0.2) is 50.0 Å². The summed E-state index contributed by atoms with van der Waals surface area (Å²) in [7, 11) is 0.0110. The number of likely N-dealkylation sites (N-methyl/N-ethyl adjacent to an activating group) is 1. The van der Waals surface area contributed by atoms with Gasteiger partial charge in [0, 0.05) is 18.7 Å². The van der Waals surface area contributed by atoms with E-state index in [1.54, 1.807) is 6.07 Å². The van der Waals surface area contributed by atoms with Gasteiger partial charge in [0.2, 0.25) is 11.8 Å². The molecule has 0 atom stereocenters. The summed E-state index contributed by atoms with van der Waals surface area (Å²) in [4.78, 5) is 16.7. The number of fused-ring (bicyclic) bond motifs is 1. The number of nitrogens with zero attached hydrogens (tertiary/aromatic N) is 2. The topological polar surface area (TPSA) is 118 Å². The van der Waals surface area contributed by atoms with E-state index in [0.29, 0.717) is 0 Å². The number of carbonyl (C=O) groups excluding carboxylic acids is 1. The highest BCUT2D eigenvalue weighted by atomic mass is 32.2. The first-order valence-corrected chi connectivity index (χ1v) is 9.17. The predicted molar refractivity (Wildman–Crippen MR) is 96.9 cm³/mol. The number of aromatic nitrogens is 1. The van der Waals surface area contributed by atoms with E-state index in [-0.39, 0.29) is 27.9 Å². The van der Waals surface area contributed by atoms with Crippen LogP contribution in [0.25, 0.3) is 5.76 Å². The number of methoxy groups -OCH3 is 2. The molecule has 2 N–H and O–H groups in total. The fourth-order valence-electron chi connectivity index (χ4n) is 2.65. The molecule has 2 aromatic rings. The van der Waals surface area contributed by atoms with Gasteiger partial charge in [0.05, 0.1) is 19.1 Å². The van der Waals surface area contributed by atoms with E-state index in [4.69, 9.17) is 9.47 Å². The zero-order chi connectivity index (χ0) is 19.8. The van der Waals surface area contributed by atoms with Crippen LogP contribution in [0.15, 0.2) is 47.0 Å². The van der Waals surface area contributed by atoms with Gasteiger partial charge < -0.3 is 19.9 Å². The summed E-state index contributed by atoms with van der Waals surface area (Å²) in [6, 6.07) is 8.90. The lowest BCUT2D eigenvalue weighted by molar-refractivity contribution is -0.113. The maximum atomic E-state index is 12.8. The molecule has 10 heteroatoms. The van der Waals surface area contributed by atoms with Gasteiger partial charge in [-0.3, -0.25) is 9.10 Å². The molecule has 27 heavy (non-hydrogen) atoms. The minimum atomic E-state index is -3.98. The first kappa shape index (κ1) is 18.5. The number of benzene rings is 1. The van der Waals surface area contributed by atoms with E-state index in [9.17, 15) is 18.3 Å². The SMILES string of the molecule is COc1ccc(NC(=O)C2=C(O)c3ccccc3S(=O)(=O)N2C)c(OC)n1. The monoisotopic (exact) mass is 391 g/mol. The van der Waals surface area contributed by atoms with Gasteiger partial charge in [-0.2, -0.15) is 4.98 Å². The molecule has 0 saturated heterocycles. The second-order valence-corrected chi connectivity index (χ2v) is 7.47. The van der Waals surface area contributed by atoms with Gasteiger partial charge in [0.15, 0.2) is 11.5 Å². The van der Waals surface area contributed by atoms with Gasteiger partial charge >= 0.3 is 0 Å². The predicted octanol–water partition coefficient (Wildman–Crippen LogP) is 1.60. The van der Waals surface area contributed by atoms with E-state index in [2.05, 4.69) is 10.3 Å². The molecule has 1 aromatic heterocycles. The van der Waals surface area contributed by atoms with Crippen LogP contribution in [0, 0.1) is 0 Å². The molecule has 1 aliphatic rings. The number of hydrogen-bond donors (Lipinski definition) is 2. The van der Waals surface area contributed by atoms with Crippen LogP contribution >= 0.6 is 0 Å². The highest BCUT2D eigenvalue weighted by molar-refractivity contribution is 7.89. The number of nitrogens with one attached hydrogen (secondary N) is 1. The number of sulfonamides is 1. The lowest BCUT2D eigenvalue weighted by Crippen LogP contribution is -2.37. The zero-order valence-corrected chi connectivity index (χ0v) is 15.6. The molecule has 0 fully saturated rings. The summed E-state index contributed by atoms with van der Waals surface area (Å²) < 4.78 is 36.2. The minimum Gasteiger partial charge on any atom is -0.505 e. The van der Waals surface area contributed by atoms with Crippen LogP contribution in [0.3, 0.4) is 0 Å². The van der Waals surface area contributed by atoms with Gasteiger partial charge in [0.1, 0.15) is 5.69 Å². The fraction of sp³-hybridized carbons (Fsp3) is 0.176. The molecule has 0 radical (unpaired) electrons. The fourth-order valence-corrected chi connectivity index (χ4v) is 4.05. The summed E-state index contributed by atoms with van der Waals surface area (Å²) >= 11 is 0. The van der Waals surface area contributed by atoms with E-state index >= 15 is 0 Å². The Balaban J connectivity index is 2.05. The average Bonchev–Trinajstić information content (AvgIpc) is 2.67. The molecular formula is C17H17N3O6S. The molecule has 2 heterocycles. The molecule has 3 rings (SSSR count). The van der Waals surface area contributed by atoms with E-state index in [0.717, 1.165) is 4.31 Å². The van der Waals surface area contributed by atoms with Crippen molar-refractivity contribution in [3.63, 3.8) is 0 Å². The first-order valence-electron chi connectivity index (χ1n) is 7.73. The van der Waals surface area contributed by atoms with Gasteiger partial charge in [0.25, 0.3) is 15.9 Å². The largest absolute Gasteiger partial charge is 0.505 e. The molecule has 9 nitrogen and oxygen atoms in total.